The van der Waals surface area contributed by atoms with Crippen molar-refractivity contribution >= 4 is 0 Å². The summed E-state index contributed by atoms with van der Waals surface area (Å²) in [4.78, 5) is 0. The molecule has 1 aromatic rings. The van der Waals surface area contributed by atoms with Crippen LogP contribution >= 0.6 is 0 Å². The summed E-state index contributed by atoms with van der Waals surface area (Å²) in [5.74, 6) is -0.506. The molecule has 0 spiro atoms. The Morgan fingerprint density at radius 1 is 1.25 bits per heavy atom. The van der Waals surface area contributed by atoms with Crippen LogP contribution in [0, 0.1) is 0 Å². The molecule has 1 N–H and O–H groups in total. The van der Waals surface area contributed by atoms with Crippen molar-refractivity contribution in [3.8, 4) is 0 Å². The van der Waals surface area contributed by atoms with E-state index in [0.717, 1.165) is 0 Å². The molecule has 1 fully saturated rings. The summed E-state index contributed by atoms with van der Waals surface area (Å²) in [6.45, 7) is 4.58. The van der Waals surface area contributed by atoms with E-state index in [0.29, 0.717) is 6.61 Å². The number of nitrogens with one attached hydrogen (secondary N) is 1. The molecule has 1 heterocycles. The Hall–Kier alpha value is -0.900. The molecule has 0 amide bonds. The van der Waals surface area contributed by atoms with Gasteiger partial charge in [-0.15, -0.1) is 0 Å². The number of rotatable bonds is 2. The highest BCUT2D eigenvalue weighted by Crippen LogP contribution is 2.32. The van der Waals surface area contributed by atoms with Crippen molar-refractivity contribution in [1.29, 1.82) is 0 Å². The highest BCUT2D eigenvalue weighted by Gasteiger charge is 2.36. The first kappa shape index (κ1) is 11.6. The Morgan fingerprint density at radius 2 is 1.94 bits per heavy atom. The number of benzene rings is 1. The Kier molecular flexibility index (Phi) is 3.28. The fourth-order valence-electron chi connectivity index (χ4n) is 1.98. The van der Waals surface area contributed by atoms with Gasteiger partial charge in [0.2, 0.25) is 0 Å². The predicted molar refractivity (Wildman–Crippen MR) is 63.1 cm³/mol. The number of ether oxygens (including phenoxy) is 2. The van der Waals surface area contributed by atoms with Crippen molar-refractivity contribution in [2.75, 3.05) is 13.7 Å². The minimum Gasteiger partial charge on any atom is -0.349 e. The molecule has 88 valence electrons. The van der Waals surface area contributed by atoms with Crippen molar-refractivity contribution in [3.63, 3.8) is 0 Å². The van der Waals surface area contributed by atoms with Gasteiger partial charge in [-0.3, -0.25) is 0 Å². The van der Waals surface area contributed by atoms with Gasteiger partial charge in [-0.1, -0.05) is 30.3 Å². The second kappa shape index (κ2) is 4.53. The molecule has 1 aliphatic rings. The van der Waals surface area contributed by atoms with Crippen LogP contribution in [0.5, 0.6) is 0 Å². The quantitative estimate of drug-likeness (QED) is 0.829. The summed E-state index contributed by atoms with van der Waals surface area (Å²) < 4.78 is 11.6. The average molecular weight is 221 g/mol. The van der Waals surface area contributed by atoms with Crippen molar-refractivity contribution in [3.05, 3.63) is 35.9 Å². The molecule has 2 rings (SSSR count). The first-order valence-corrected chi connectivity index (χ1v) is 5.66. The molecule has 3 nitrogen and oxygen atoms in total. The Bertz CT molecular complexity index is 337. The molecule has 0 aromatic heterocycles. The molecule has 0 radical (unpaired) electrons. The summed E-state index contributed by atoms with van der Waals surface area (Å²) in [6, 6.07) is 10.5. The van der Waals surface area contributed by atoms with Gasteiger partial charge in [-0.25, -0.2) is 0 Å². The van der Waals surface area contributed by atoms with Crippen LogP contribution in [-0.2, 0) is 9.47 Å². The first-order valence-electron chi connectivity index (χ1n) is 5.66. The summed E-state index contributed by atoms with van der Waals surface area (Å²) >= 11 is 0. The molecule has 0 aliphatic carbocycles. The van der Waals surface area contributed by atoms with Crippen molar-refractivity contribution in [2.45, 2.75) is 31.8 Å². The average Bonchev–Trinajstić information content (AvgIpc) is 2.29. The molecular weight excluding hydrogens is 202 g/mol. The van der Waals surface area contributed by atoms with Crippen LogP contribution in [0.4, 0.5) is 0 Å². The van der Waals surface area contributed by atoms with E-state index in [1.165, 1.54) is 5.56 Å². The maximum absolute atomic E-state index is 5.98. The largest absolute Gasteiger partial charge is 0.349 e. The monoisotopic (exact) mass is 221 g/mol. The van der Waals surface area contributed by atoms with Gasteiger partial charge in [0.15, 0.2) is 5.79 Å². The standard InChI is InChI=1S/C13H19NO2/c1-13(2)15-9-11(14-3)12(16-13)10-7-5-4-6-8-10/h4-8,11-12,14H,9H2,1-3H3. The lowest BCUT2D eigenvalue weighted by atomic mass is 10.0. The van der Waals surface area contributed by atoms with E-state index in [1.807, 2.05) is 39.1 Å². The van der Waals surface area contributed by atoms with E-state index < -0.39 is 5.79 Å². The lowest BCUT2D eigenvalue weighted by Crippen LogP contribution is -2.49. The minimum atomic E-state index is -0.506. The van der Waals surface area contributed by atoms with Gasteiger partial charge in [-0.05, 0) is 26.5 Å². The summed E-state index contributed by atoms with van der Waals surface area (Å²) in [5, 5.41) is 3.24. The Morgan fingerprint density at radius 3 is 2.56 bits per heavy atom. The van der Waals surface area contributed by atoms with Gasteiger partial charge in [0.25, 0.3) is 0 Å². The zero-order valence-corrected chi connectivity index (χ0v) is 10.1. The molecule has 0 saturated carbocycles. The molecule has 1 aromatic carbocycles. The second-order valence-corrected chi connectivity index (χ2v) is 4.56. The third-order valence-electron chi connectivity index (χ3n) is 2.89. The Balaban J connectivity index is 2.22. The van der Waals surface area contributed by atoms with Gasteiger partial charge in [-0.2, -0.15) is 0 Å². The van der Waals surface area contributed by atoms with Crippen LogP contribution in [-0.4, -0.2) is 25.5 Å². The highest BCUT2D eigenvalue weighted by molar-refractivity contribution is 5.19. The number of hydrogen-bond donors (Lipinski definition) is 1. The maximum atomic E-state index is 5.98. The summed E-state index contributed by atoms with van der Waals surface area (Å²) in [6.07, 6.45) is 0.0509. The van der Waals surface area contributed by atoms with Crippen LogP contribution < -0.4 is 5.32 Å². The maximum Gasteiger partial charge on any atom is 0.163 e. The molecule has 16 heavy (non-hydrogen) atoms. The second-order valence-electron chi connectivity index (χ2n) is 4.56. The number of likely N-dealkylation sites (N-methyl/N-ethyl adjacent to an activating group) is 1. The minimum absolute atomic E-state index is 0.0509. The van der Waals surface area contributed by atoms with Crippen LogP contribution in [0.2, 0.25) is 0 Å². The van der Waals surface area contributed by atoms with Gasteiger partial charge in [0, 0.05) is 0 Å². The topological polar surface area (TPSA) is 30.5 Å². The first-order chi connectivity index (χ1) is 7.62. The van der Waals surface area contributed by atoms with Crippen LogP contribution in [0.25, 0.3) is 0 Å². The van der Waals surface area contributed by atoms with E-state index in [1.54, 1.807) is 0 Å². The SMILES string of the molecule is CNC1COC(C)(C)OC1c1ccccc1. The van der Waals surface area contributed by atoms with E-state index in [-0.39, 0.29) is 12.1 Å². The normalized spacial score (nSPS) is 28.9. The van der Waals surface area contributed by atoms with Gasteiger partial charge in [0.1, 0.15) is 6.10 Å². The van der Waals surface area contributed by atoms with E-state index in [9.17, 15) is 0 Å². The highest BCUT2D eigenvalue weighted by atomic mass is 16.7. The van der Waals surface area contributed by atoms with Crippen LogP contribution in [0.15, 0.2) is 30.3 Å². The fraction of sp³-hybridized carbons (Fsp3) is 0.538. The van der Waals surface area contributed by atoms with Crippen LogP contribution in [0.3, 0.4) is 0 Å². The lowest BCUT2D eigenvalue weighted by Gasteiger charge is -2.41. The molecule has 2 atom stereocenters. The molecule has 3 heteroatoms. The van der Waals surface area contributed by atoms with Crippen molar-refractivity contribution in [2.24, 2.45) is 0 Å². The van der Waals surface area contributed by atoms with Gasteiger partial charge in [0.05, 0.1) is 12.6 Å². The van der Waals surface area contributed by atoms with Crippen LogP contribution in [0.1, 0.15) is 25.5 Å². The number of hydrogen-bond acceptors (Lipinski definition) is 3. The fourth-order valence-corrected chi connectivity index (χ4v) is 1.98. The lowest BCUT2D eigenvalue weighted by molar-refractivity contribution is -0.284. The molecule has 1 saturated heterocycles. The third kappa shape index (κ3) is 2.43. The predicted octanol–water partition coefficient (Wildman–Crippen LogP) is 2.10. The molecule has 1 aliphatic heterocycles. The van der Waals surface area contributed by atoms with E-state index >= 15 is 0 Å². The van der Waals surface area contributed by atoms with Gasteiger partial charge >= 0.3 is 0 Å². The van der Waals surface area contributed by atoms with E-state index in [4.69, 9.17) is 9.47 Å². The zero-order valence-electron chi connectivity index (χ0n) is 10.1. The van der Waals surface area contributed by atoms with Crippen molar-refractivity contribution < 1.29 is 9.47 Å². The molecular formula is C13H19NO2. The van der Waals surface area contributed by atoms with E-state index in [2.05, 4.69) is 17.4 Å². The Labute approximate surface area is 96.8 Å². The van der Waals surface area contributed by atoms with Gasteiger partial charge < -0.3 is 14.8 Å². The smallest absolute Gasteiger partial charge is 0.163 e. The van der Waals surface area contributed by atoms with Crippen molar-refractivity contribution in [1.82, 2.24) is 5.32 Å². The summed E-state index contributed by atoms with van der Waals surface area (Å²) in [5.41, 5.74) is 1.19. The molecule has 2 unspecified atom stereocenters. The summed E-state index contributed by atoms with van der Waals surface area (Å²) in [7, 11) is 1.94. The third-order valence-corrected chi connectivity index (χ3v) is 2.89. The zero-order chi connectivity index (χ0) is 11.6. The molecule has 0 bridgehead atoms.